The Balaban J connectivity index is 2.06. The van der Waals surface area contributed by atoms with Gasteiger partial charge < -0.3 is 10.5 Å². The summed E-state index contributed by atoms with van der Waals surface area (Å²) < 4.78 is 20.8. The number of carbonyl (C=O) groups is 1. The van der Waals surface area contributed by atoms with Crippen molar-refractivity contribution in [2.24, 2.45) is 5.73 Å². The minimum absolute atomic E-state index is 0.0815. The van der Waals surface area contributed by atoms with Crippen molar-refractivity contribution in [2.45, 2.75) is 24.7 Å². The predicted octanol–water partition coefficient (Wildman–Crippen LogP) is 2.15. The maximum Gasteiger partial charge on any atom is 0.218 e. The summed E-state index contributed by atoms with van der Waals surface area (Å²) in [6.45, 7) is 4.27. The second kappa shape index (κ2) is 8.33. The number of hydrogen-bond donors (Lipinski definition) is 1. The van der Waals surface area contributed by atoms with Crippen LogP contribution in [0, 0.1) is 5.82 Å². The predicted molar refractivity (Wildman–Crippen MR) is 85.5 cm³/mol. The lowest BCUT2D eigenvalue weighted by Gasteiger charge is -2.09. The summed E-state index contributed by atoms with van der Waals surface area (Å²) in [6, 6.07) is 6.16. The third-order valence-electron chi connectivity index (χ3n) is 2.88. The third-order valence-corrected chi connectivity index (χ3v) is 3.85. The van der Waals surface area contributed by atoms with Gasteiger partial charge in [-0.1, -0.05) is 30.0 Å². The van der Waals surface area contributed by atoms with E-state index in [0.29, 0.717) is 23.3 Å². The van der Waals surface area contributed by atoms with Crippen molar-refractivity contribution in [1.29, 1.82) is 0 Å². The first-order valence-electron chi connectivity index (χ1n) is 6.93. The zero-order chi connectivity index (χ0) is 16.7. The number of allylic oxidation sites excluding steroid dienone is 1. The number of amides is 1. The van der Waals surface area contributed by atoms with Gasteiger partial charge in [-0.25, -0.2) is 4.39 Å². The fourth-order valence-corrected chi connectivity index (χ4v) is 2.71. The molecule has 1 heterocycles. The van der Waals surface area contributed by atoms with Crippen molar-refractivity contribution in [1.82, 2.24) is 14.8 Å². The Morgan fingerprint density at radius 2 is 2.22 bits per heavy atom. The maximum absolute atomic E-state index is 13.6. The highest BCUT2D eigenvalue weighted by molar-refractivity contribution is 7.99. The Morgan fingerprint density at radius 1 is 1.43 bits per heavy atom. The van der Waals surface area contributed by atoms with Crippen LogP contribution in [-0.4, -0.2) is 26.4 Å². The zero-order valence-electron chi connectivity index (χ0n) is 12.4. The van der Waals surface area contributed by atoms with Gasteiger partial charge in [0, 0.05) is 18.7 Å². The van der Waals surface area contributed by atoms with Crippen LogP contribution in [0.2, 0.25) is 0 Å². The van der Waals surface area contributed by atoms with Crippen molar-refractivity contribution in [2.75, 3.05) is 5.75 Å². The van der Waals surface area contributed by atoms with Crippen LogP contribution in [0.4, 0.5) is 4.39 Å². The second-order valence-corrected chi connectivity index (χ2v) is 5.64. The number of nitrogens with zero attached hydrogens (tertiary/aromatic N) is 3. The minimum Gasteiger partial charge on any atom is -0.483 e. The molecule has 1 amide bonds. The molecule has 0 saturated heterocycles. The molecule has 0 aliphatic rings. The van der Waals surface area contributed by atoms with Gasteiger partial charge in [-0.15, -0.1) is 16.8 Å². The Hall–Kier alpha value is -2.35. The quantitative estimate of drug-likeness (QED) is 0.560. The molecule has 2 aromatic rings. The standard InChI is InChI=1S/C15H17FN4O2S/c1-2-8-20-14(10-22-12-6-4-3-5-11(12)16)18-19-15(20)23-9-7-13(17)21/h2-6H,1,7-10H2,(H2,17,21). The summed E-state index contributed by atoms with van der Waals surface area (Å²) in [6.07, 6.45) is 1.96. The number of carbonyl (C=O) groups excluding carboxylic acids is 1. The van der Waals surface area contributed by atoms with Crippen LogP contribution in [0.1, 0.15) is 12.2 Å². The van der Waals surface area contributed by atoms with Gasteiger partial charge in [0.1, 0.15) is 6.61 Å². The monoisotopic (exact) mass is 336 g/mol. The first-order valence-corrected chi connectivity index (χ1v) is 7.91. The van der Waals surface area contributed by atoms with Crippen LogP contribution >= 0.6 is 11.8 Å². The Kier molecular flexibility index (Phi) is 6.16. The van der Waals surface area contributed by atoms with Crippen LogP contribution in [0.5, 0.6) is 5.75 Å². The molecule has 0 fully saturated rings. The molecule has 0 radical (unpaired) electrons. The van der Waals surface area contributed by atoms with Crippen LogP contribution in [-0.2, 0) is 17.9 Å². The lowest BCUT2D eigenvalue weighted by Crippen LogP contribution is -2.11. The van der Waals surface area contributed by atoms with Crippen molar-refractivity contribution in [3.63, 3.8) is 0 Å². The number of benzene rings is 1. The van der Waals surface area contributed by atoms with E-state index < -0.39 is 5.82 Å². The topological polar surface area (TPSA) is 83.0 Å². The molecular formula is C15H17FN4O2S. The summed E-state index contributed by atoms with van der Waals surface area (Å²) in [5.41, 5.74) is 5.12. The van der Waals surface area contributed by atoms with E-state index in [1.165, 1.54) is 17.8 Å². The van der Waals surface area contributed by atoms with Crippen molar-refractivity contribution in [3.05, 3.63) is 48.6 Å². The van der Waals surface area contributed by atoms with Gasteiger partial charge in [0.15, 0.2) is 22.5 Å². The van der Waals surface area contributed by atoms with E-state index in [1.807, 2.05) is 0 Å². The smallest absolute Gasteiger partial charge is 0.218 e. The number of nitrogens with two attached hydrogens (primary N) is 1. The van der Waals surface area contributed by atoms with Crippen molar-refractivity contribution < 1.29 is 13.9 Å². The minimum atomic E-state index is -0.432. The fourth-order valence-electron chi connectivity index (χ4n) is 1.79. The summed E-state index contributed by atoms with van der Waals surface area (Å²) in [7, 11) is 0. The van der Waals surface area contributed by atoms with Crippen LogP contribution < -0.4 is 10.5 Å². The van der Waals surface area contributed by atoms with E-state index in [9.17, 15) is 9.18 Å². The SMILES string of the molecule is C=CCn1c(COc2ccccc2F)nnc1SCCC(N)=O. The highest BCUT2D eigenvalue weighted by Gasteiger charge is 2.13. The molecule has 0 unspecified atom stereocenters. The number of rotatable bonds is 9. The average Bonchev–Trinajstić information content (AvgIpc) is 2.89. The Labute approximate surface area is 137 Å². The zero-order valence-corrected chi connectivity index (χ0v) is 13.3. The summed E-state index contributed by atoms with van der Waals surface area (Å²) >= 11 is 1.37. The van der Waals surface area contributed by atoms with Gasteiger partial charge in [-0.2, -0.15) is 0 Å². The molecule has 0 saturated carbocycles. The number of ether oxygens (including phenoxy) is 1. The molecule has 0 atom stereocenters. The normalized spacial score (nSPS) is 10.5. The molecule has 0 aliphatic heterocycles. The van der Waals surface area contributed by atoms with E-state index in [-0.39, 0.29) is 24.7 Å². The average molecular weight is 336 g/mol. The number of primary amides is 1. The number of para-hydroxylation sites is 1. The summed E-state index contributed by atoms with van der Waals surface area (Å²) in [5, 5.41) is 8.76. The molecule has 2 N–H and O–H groups in total. The second-order valence-electron chi connectivity index (χ2n) is 4.58. The van der Waals surface area contributed by atoms with Crippen LogP contribution in [0.25, 0.3) is 0 Å². The molecule has 0 bridgehead atoms. The molecule has 0 aliphatic carbocycles. The van der Waals surface area contributed by atoms with Crippen molar-refractivity contribution >= 4 is 17.7 Å². The van der Waals surface area contributed by atoms with Gasteiger partial charge in [-0.05, 0) is 12.1 Å². The molecule has 122 valence electrons. The van der Waals surface area contributed by atoms with Crippen LogP contribution in [0.3, 0.4) is 0 Å². The lowest BCUT2D eigenvalue weighted by atomic mass is 10.3. The first-order chi connectivity index (χ1) is 11.1. The summed E-state index contributed by atoms with van der Waals surface area (Å²) in [4.78, 5) is 10.8. The maximum atomic E-state index is 13.6. The third kappa shape index (κ3) is 4.82. The van der Waals surface area contributed by atoms with Gasteiger partial charge in [-0.3, -0.25) is 9.36 Å². The number of hydrogen-bond acceptors (Lipinski definition) is 5. The van der Waals surface area contributed by atoms with E-state index in [4.69, 9.17) is 10.5 Å². The molecular weight excluding hydrogens is 319 g/mol. The van der Waals surface area contributed by atoms with E-state index in [1.54, 1.807) is 28.8 Å². The molecule has 6 nitrogen and oxygen atoms in total. The fraction of sp³-hybridized carbons (Fsp3) is 0.267. The van der Waals surface area contributed by atoms with Gasteiger partial charge in [0.05, 0.1) is 0 Å². The van der Waals surface area contributed by atoms with E-state index in [0.717, 1.165) is 0 Å². The molecule has 1 aromatic heterocycles. The Morgan fingerprint density at radius 3 is 2.91 bits per heavy atom. The highest BCUT2D eigenvalue weighted by atomic mass is 32.2. The molecule has 23 heavy (non-hydrogen) atoms. The van der Waals surface area contributed by atoms with E-state index >= 15 is 0 Å². The lowest BCUT2D eigenvalue weighted by molar-refractivity contribution is -0.117. The largest absolute Gasteiger partial charge is 0.483 e. The molecule has 2 rings (SSSR count). The van der Waals surface area contributed by atoms with Crippen molar-refractivity contribution in [3.8, 4) is 5.75 Å². The number of halogens is 1. The van der Waals surface area contributed by atoms with Crippen LogP contribution in [0.15, 0.2) is 42.1 Å². The molecule has 1 aromatic carbocycles. The molecule has 8 heteroatoms. The first kappa shape index (κ1) is 17.0. The van der Waals surface area contributed by atoms with Gasteiger partial charge in [0.2, 0.25) is 5.91 Å². The number of aromatic nitrogens is 3. The van der Waals surface area contributed by atoms with E-state index in [2.05, 4.69) is 16.8 Å². The summed E-state index contributed by atoms with van der Waals surface area (Å²) in [5.74, 6) is 0.422. The molecule has 0 spiro atoms. The van der Waals surface area contributed by atoms with Gasteiger partial charge in [0.25, 0.3) is 0 Å². The number of thioether (sulfide) groups is 1. The Bertz CT molecular complexity index is 690. The highest BCUT2D eigenvalue weighted by Crippen LogP contribution is 2.20. The van der Waals surface area contributed by atoms with Gasteiger partial charge >= 0.3 is 0 Å².